The lowest BCUT2D eigenvalue weighted by molar-refractivity contribution is 0.0664. The van der Waals surface area contributed by atoms with Gasteiger partial charge >= 0.3 is 0 Å². The van der Waals surface area contributed by atoms with Crippen molar-refractivity contribution in [2.24, 2.45) is 5.92 Å². The van der Waals surface area contributed by atoms with E-state index in [1.165, 1.54) is 44.0 Å². The third-order valence-electron chi connectivity index (χ3n) is 3.79. The lowest BCUT2D eigenvalue weighted by Gasteiger charge is -2.46. The maximum atomic E-state index is 3.66. The molecule has 0 spiro atoms. The molecule has 1 aliphatic carbocycles. The molecule has 2 unspecified atom stereocenters. The van der Waals surface area contributed by atoms with Gasteiger partial charge in [0.25, 0.3) is 0 Å². The Hall–Kier alpha value is 0.270. The molecule has 0 amide bonds. The summed E-state index contributed by atoms with van der Waals surface area (Å²) in [5.74, 6) is 3.59. The Morgan fingerprint density at radius 3 is 2.38 bits per heavy atom. The second-order valence-corrected chi connectivity index (χ2v) is 7.41. The maximum absolute atomic E-state index is 3.66. The zero-order valence-electron chi connectivity index (χ0n) is 11.0. The SMILES string of the molecule is CC(C)(C)NCC1CCC1N1CCSCC1. The second-order valence-electron chi connectivity index (χ2n) is 6.18. The van der Waals surface area contributed by atoms with E-state index in [4.69, 9.17) is 0 Å². The standard InChI is InChI=1S/C13H26N2S/c1-13(2,3)14-10-11-4-5-12(11)15-6-8-16-9-7-15/h11-12,14H,4-10H2,1-3H3. The molecule has 1 saturated heterocycles. The van der Waals surface area contributed by atoms with Crippen molar-refractivity contribution in [2.45, 2.75) is 45.2 Å². The molecule has 2 nitrogen and oxygen atoms in total. The molecule has 3 heteroatoms. The van der Waals surface area contributed by atoms with Crippen LogP contribution in [0.5, 0.6) is 0 Å². The van der Waals surface area contributed by atoms with Gasteiger partial charge in [0.15, 0.2) is 0 Å². The quantitative estimate of drug-likeness (QED) is 0.817. The summed E-state index contributed by atoms with van der Waals surface area (Å²) in [5.41, 5.74) is 0.276. The van der Waals surface area contributed by atoms with Gasteiger partial charge in [0.2, 0.25) is 0 Å². The van der Waals surface area contributed by atoms with Crippen LogP contribution >= 0.6 is 11.8 Å². The maximum Gasteiger partial charge on any atom is 0.0136 e. The van der Waals surface area contributed by atoms with Gasteiger partial charge < -0.3 is 5.32 Å². The molecule has 2 fully saturated rings. The van der Waals surface area contributed by atoms with Gasteiger partial charge in [-0.1, -0.05) is 0 Å². The molecule has 1 N–H and O–H groups in total. The highest BCUT2D eigenvalue weighted by Gasteiger charge is 2.36. The Balaban J connectivity index is 1.74. The van der Waals surface area contributed by atoms with Gasteiger partial charge in [-0.25, -0.2) is 0 Å². The minimum absolute atomic E-state index is 0.276. The molecule has 1 heterocycles. The summed E-state index contributed by atoms with van der Waals surface area (Å²) in [7, 11) is 0. The van der Waals surface area contributed by atoms with Crippen LogP contribution in [-0.4, -0.2) is 47.6 Å². The average molecular weight is 242 g/mol. The summed E-state index contributed by atoms with van der Waals surface area (Å²) in [5, 5.41) is 3.66. The first kappa shape index (κ1) is 12.7. The van der Waals surface area contributed by atoms with Crippen LogP contribution in [0.2, 0.25) is 0 Å². The predicted molar refractivity (Wildman–Crippen MR) is 73.2 cm³/mol. The van der Waals surface area contributed by atoms with Crippen LogP contribution in [0.1, 0.15) is 33.6 Å². The van der Waals surface area contributed by atoms with Crippen LogP contribution in [-0.2, 0) is 0 Å². The molecule has 0 aromatic rings. The topological polar surface area (TPSA) is 15.3 Å². The second kappa shape index (κ2) is 5.28. The zero-order valence-corrected chi connectivity index (χ0v) is 11.8. The van der Waals surface area contributed by atoms with Crippen LogP contribution < -0.4 is 5.32 Å². The van der Waals surface area contributed by atoms with Gasteiger partial charge in [0, 0.05) is 36.2 Å². The van der Waals surface area contributed by atoms with Crippen molar-refractivity contribution in [3.05, 3.63) is 0 Å². The van der Waals surface area contributed by atoms with Crippen molar-refractivity contribution in [3.8, 4) is 0 Å². The van der Waals surface area contributed by atoms with E-state index in [2.05, 4.69) is 42.7 Å². The van der Waals surface area contributed by atoms with E-state index in [-0.39, 0.29) is 5.54 Å². The van der Waals surface area contributed by atoms with Crippen molar-refractivity contribution < 1.29 is 0 Å². The highest BCUT2D eigenvalue weighted by atomic mass is 32.2. The fraction of sp³-hybridized carbons (Fsp3) is 1.00. The normalized spacial score (nSPS) is 32.4. The molecule has 1 aliphatic heterocycles. The minimum atomic E-state index is 0.276. The molecule has 94 valence electrons. The Bertz CT molecular complexity index is 218. The Morgan fingerprint density at radius 1 is 1.19 bits per heavy atom. The van der Waals surface area contributed by atoms with Gasteiger partial charge in [0.05, 0.1) is 0 Å². The van der Waals surface area contributed by atoms with E-state index >= 15 is 0 Å². The molecule has 0 radical (unpaired) electrons. The van der Waals surface area contributed by atoms with E-state index < -0.39 is 0 Å². The van der Waals surface area contributed by atoms with E-state index in [9.17, 15) is 0 Å². The predicted octanol–water partition coefficient (Wildman–Crippen LogP) is 2.20. The van der Waals surface area contributed by atoms with Gasteiger partial charge in [0.1, 0.15) is 0 Å². The van der Waals surface area contributed by atoms with E-state index in [0.29, 0.717) is 0 Å². The number of nitrogens with zero attached hydrogens (tertiary/aromatic N) is 1. The van der Waals surface area contributed by atoms with Gasteiger partial charge in [-0.3, -0.25) is 4.90 Å². The largest absolute Gasteiger partial charge is 0.312 e. The summed E-state index contributed by atoms with van der Waals surface area (Å²) in [6.07, 6.45) is 2.86. The van der Waals surface area contributed by atoms with Crippen LogP contribution in [0.3, 0.4) is 0 Å². The number of hydrogen-bond acceptors (Lipinski definition) is 3. The van der Waals surface area contributed by atoms with Crippen molar-refractivity contribution >= 4 is 11.8 Å². The van der Waals surface area contributed by atoms with Crippen LogP contribution in [0.25, 0.3) is 0 Å². The first-order chi connectivity index (χ1) is 7.56. The molecular formula is C13H26N2S. The van der Waals surface area contributed by atoms with Crippen molar-refractivity contribution in [1.82, 2.24) is 10.2 Å². The lowest BCUT2D eigenvalue weighted by atomic mass is 9.78. The molecule has 0 aromatic carbocycles. The third kappa shape index (κ3) is 3.38. The third-order valence-corrected chi connectivity index (χ3v) is 4.73. The van der Waals surface area contributed by atoms with Crippen LogP contribution in [0, 0.1) is 5.92 Å². The fourth-order valence-corrected chi connectivity index (χ4v) is 3.55. The summed E-state index contributed by atoms with van der Waals surface area (Å²) in [6.45, 7) is 10.6. The van der Waals surface area contributed by atoms with Gasteiger partial charge in [-0.15, -0.1) is 0 Å². The zero-order chi connectivity index (χ0) is 11.6. The number of rotatable bonds is 3. The number of thioether (sulfide) groups is 1. The average Bonchev–Trinajstić information content (AvgIpc) is 2.16. The van der Waals surface area contributed by atoms with Crippen LogP contribution in [0.4, 0.5) is 0 Å². The van der Waals surface area contributed by atoms with Crippen molar-refractivity contribution in [2.75, 3.05) is 31.1 Å². The Kier molecular flexibility index (Phi) is 4.20. The number of hydrogen-bond donors (Lipinski definition) is 1. The van der Waals surface area contributed by atoms with E-state index in [1.54, 1.807) is 0 Å². The Morgan fingerprint density at radius 2 is 1.88 bits per heavy atom. The first-order valence-electron chi connectivity index (χ1n) is 6.63. The van der Waals surface area contributed by atoms with E-state index in [0.717, 1.165) is 12.0 Å². The minimum Gasteiger partial charge on any atom is -0.312 e. The first-order valence-corrected chi connectivity index (χ1v) is 7.78. The lowest BCUT2D eigenvalue weighted by Crippen LogP contribution is -2.54. The fourth-order valence-electron chi connectivity index (χ4n) is 2.62. The van der Waals surface area contributed by atoms with Crippen LogP contribution in [0.15, 0.2) is 0 Å². The summed E-state index contributed by atoms with van der Waals surface area (Å²) < 4.78 is 0. The monoisotopic (exact) mass is 242 g/mol. The highest BCUT2D eigenvalue weighted by molar-refractivity contribution is 7.99. The highest BCUT2D eigenvalue weighted by Crippen LogP contribution is 2.33. The van der Waals surface area contributed by atoms with E-state index in [1.807, 2.05) is 0 Å². The molecular weight excluding hydrogens is 216 g/mol. The molecule has 2 aliphatic rings. The Labute approximate surface area is 105 Å². The smallest absolute Gasteiger partial charge is 0.0136 e. The molecule has 2 rings (SSSR count). The van der Waals surface area contributed by atoms with Gasteiger partial charge in [-0.2, -0.15) is 11.8 Å². The molecule has 0 bridgehead atoms. The van der Waals surface area contributed by atoms with Gasteiger partial charge in [-0.05, 0) is 46.1 Å². The molecule has 2 atom stereocenters. The summed E-state index contributed by atoms with van der Waals surface area (Å²) in [6, 6.07) is 0.885. The van der Waals surface area contributed by atoms with Crippen molar-refractivity contribution in [3.63, 3.8) is 0 Å². The molecule has 16 heavy (non-hydrogen) atoms. The van der Waals surface area contributed by atoms with Crippen molar-refractivity contribution in [1.29, 1.82) is 0 Å². The summed E-state index contributed by atoms with van der Waals surface area (Å²) >= 11 is 2.11. The number of nitrogens with one attached hydrogen (secondary N) is 1. The molecule has 0 aromatic heterocycles. The summed E-state index contributed by atoms with van der Waals surface area (Å²) in [4.78, 5) is 2.73. The molecule has 1 saturated carbocycles.